The lowest BCUT2D eigenvalue weighted by atomic mass is 10.1. The SMILES string of the molecule is CCc1ccc(CCl)cc1S(=O)(=O)N(C)CC. The highest BCUT2D eigenvalue weighted by Crippen LogP contribution is 2.22. The Morgan fingerprint density at radius 2 is 1.94 bits per heavy atom. The van der Waals surface area contributed by atoms with E-state index < -0.39 is 10.0 Å². The molecule has 0 fully saturated rings. The summed E-state index contributed by atoms with van der Waals surface area (Å²) >= 11 is 5.75. The summed E-state index contributed by atoms with van der Waals surface area (Å²) in [4.78, 5) is 0.377. The number of benzene rings is 1. The van der Waals surface area contributed by atoms with Crippen molar-refractivity contribution in [2.75, 3.05) is 13.6 Å². The Hall–Kier alpha value is -0.580. The van der Waals surface area contributed by atoms with E-state index in [-0.39, 0.29) is 0 Å². The Kier molecular flexibility index (Phi) is 4.98. The van der Waals surface area contributed by atoms with Crippen LogP contribution in [0.3, 0.4) is 0 Å². The lowest BCUT2D eigenvalue weighted by molar-refractivity contribution is 0.485. The van der Waals surface area contributed by atoms with Gasteiger partial charge in [0.05, 0.1) is 4.90 Å². The summed E-state index contributed by atoms with van der Waals surface area (Å²) in [6, 6.07) is 5.39. The van der Waals surface area contributed by atoms with Crippen LogP contribution in [0.4, 0.5) is 0 Å². The number of alkyl halides is 1. The first-order valence-corrected chi connectivity index (χ1v) is 7.58. The summed E-state index contributed by atoms with van der Waals surface area (Å²) in [7, 11) is -1.80. The summed E-state index contributed by atoms with van der Waals surface area (Å²) < 4.78 is 25.9. The van der Waals surface area contributed by atoms with E-state index in [0.29, 0.717) is 23.7 Å². The molecular formula is C12H18ClNO2S. The molecule has 3 nitrogen and oxygen atoms in total. The molecule has 0 radical (unpaired) electrons. The summed E-state index contributed by atoms with van der Waals surface area (Å²) in [6.45, 7) is 4.21. The van der Waals surface area contributed by atoms with Gasteiger partial charge < -0.3 is 0 Å². The number of hydrogen-bond donors (Lipinski definition) is 0. The van der Waals surface area contributed by atoms with Gasteiger partial charge in [-0.25, -0.2) is 12.7 Å². The minimum atomic E-state index is -3.39. The molecule has 1 rings (SSSR count). The van der Waals surface area contributed by atoms with E-state index in [1.54, 1.807) is 13.1 Å². The molecular weight excluding hydrogens is 258 g/mol. The number of nitrogens with zero attached hydrogens (tertiary/aromatic N) is 1. The smallest absolute Gasteiger partial charge is 0.207 e. The van der Waals surface area contributed by atoms with Crippen molar-refractivity contribution in [1.82, 2.24) is 4.31 Å². The average molecular weight is 276 g/mol. The molecule has 0 bridgehead atoms. The molecule has 0 heterocycles. The van der Waals surface area contributed by atoms with Crippen LogP contribution in [0.1, 0.15) is 25.0 Å². The van der Waals surface area contributed by atoms with E-state index in [1.165, 1.54) is 4.31 Å². The minimum Gasteiger partial charge on any atom is -0.207 e. The molecule has 5 heteroatoms. The quantitative estimate of drug-likeness (QED) is 0.775. The molecule has 1 aromatic rings. The Balaban J connectivity index is 3.37. The molecule has 0 aromatic heterocycles. The van der Waals surface area contributed by atoms with E-state index in [2.05, 4.69) is 0 Å². The molecule has 0 saturated heterocycles. The highest BCUT2D eigenvalue weighted by molar-refractivity contribution is 7.89. The fraction of sp³-hybridized carbons (Fsp3) is 0.500. The van der Waals surface area contributed by atoms with Gasteiger partial charge in [-0.3, -0.25) is 0 Å². The van der Waals surface area contributed by atoms with Crippen LogP contribution in [-0.2, 0) is 22.3 Å². The fourth-order valence-electron chi connectivity index (χ4n) is 1.55. The maximum Gasteiger partial charge on any atom is 0.243 e. The first-order valence-electron chi connectivity index (χ1n) is 5.61. The van der Waals surface area contributed by atoms with E-state index in [1.807, 2.05) is 26.0 Å². The number of sulfonamides is 1. The summed E-state index contributed by atoms with van der Waals surface area (Å²) in [5, 5.41) is 0. The monoisotopic (exact) mass is 275 g/mol. The van der Waals surface area contributed by atoms with Gasteiger partial charge in [0.25, 0.3) is 0 Å². The van der Waals surface area contributed by atoms with Crippen molar-refractivity contribution in [1.29, 1.82) is 0 Å². The third-order valence-corrected chi connectivity index (χ3v) is 5.12. The van der Waals surface area contributed by atoms with Gasteiger partial charge in [-0.05, 0) is 23.6 Å². The maximum absolute atomic E-state index is 12.3. The van der Waals surface area contributed by atoms with Crippen LogP contribution in [-0.4, -0.2) is 26.3 Å². The van der Waals surface area contributed by atoms with E-state index in [4.69, 9.17) is 11.6 Å². The van der Waals surface area contributed by atoms with Crippen molar-refractivity contribution < 1.29 is 8.42 Å². The lowest BCUT2D eigenvalue weighted by Crippen LogP contribution is -2.27. The fourth-order valence-corrected chi connectivity index (χ4v) is 3.24. The summed E-state index contributed by atoms with van der Waals surface area (Å²) in [5.74, 6) is 0.322. The van der Waals surface area contributed by atoms with Crippen LogP contribution in [0.2, 0.25) is 0 Å². The Morgan fingerprint density at radius 3 is 2.41 bits per heavy atom. The molecule has 0 spiro atoms. The Labute approximate surface area is 108 Å². The number of aryl methyl sites for hydroxylation is 1. The van der Waals surface area contributed by atoms with E-state index in [9.17, 15) is 8.42 Å². The molecule has 0 atom stereocenters. The predicted octanol–water partition coefficient (Wildman–Crippen LogP) is 2.63. The van der Waals surface area contributed by atoms with Crippen LogP contribution < -0.4 is 0 Å². The van der Waals surface area contributed by atoms with Crippen molar-refractivity contribution in [3.05, 3.63) is 29.3 Å². The number of halogens is 1. The van der Waals surface area contributed by atoms with Gasteiger partial charge in [-0.15, -0.1) is 11.6 Å². The largest absolute Gasteiger partial charge is 0.243 e. The van der Waals surface area contributed by atoms with Gasteiger partial charge in [0.15, 0.2) is 0 Å². The van der Waals surface area contributed by atoms with Crippen molar-refractivity contribution >= 4 is 21.6 Å². The molecule has 0 N–H and O–H groups in total. The molecule has 0 aliphatic heterocycles. The number of rotatable bonds is 5. The maximum atomic E-state index is 12.3. The second-order valence-corrected chi connectivity index (χ2v) is 6.13. The van der Waals surface area contributed by atoms with Crippen molar-refractivity contribution in [2.24, 2.45) is 0 Å². The second kappa shape index (κ2) is 5.85. The first-order chi connectivity index (χ1) is 7.97. The van der Waals surface area contributed by atoms with Crippen molar-refractivity contribution in [2.45, 2.75) is 31.0 Å². The molecule has 0 aliphatic rings. The van der Waals surface area contributed by atoms with Gasteiger partial charge in [0, 0.05) is 19.5 Å². The van der Waals surface area contributed by atoms with Crippen LogP contribution in [0.25, 0.3) is 0 Å². The Bertz CT molecular complexity index is 485. The zero-order valence-corrected chi connectivity index (χ0v) is 12.0. The van der Waals surface area contributed by atoms with Crippen LogP contribution in [0, 0.1) is 0 Å². The van der Waals surface area contributed by atoms with Gasteiger partial charge in [0.2, 0.25) is 10.0 Å². The second-order valence-electron chi connectivity index (χ2n) is 3.85. The number of hydrogen-bond acceptors (Lipinski definition) is 2. The van der Waals surface area contributed by atoms with Crippen LogP contribution in [0.15, 0.2) is 23.1 Å². The molecule has 0 unspecified atom stereocenters. The molecule has 17 heavy (non-hydrogen) atoms. The molecule has 1 aromatic carbocycles. The third kappa shape index (κ3) is 3.00. The summed E-state index contributed by atoms with van der Waals surface area (Å²) in [6.07, 6.45) is 0.689. The van der Waals surface area contributed by atoms with E-state index in [0.717, 1.165) is 11.1 Å². The molecule has 0 amide bonds. The topological polar surface area (TPSA) is 37.4 Å². The lowest BCUT2D eigenvalue weighted by Gasteiger charge is -2.17. The molecule has 0 saturated carbocycles. The summed E-state index contributed by atoms with van der Waals surface area (Å²) in [5.41, 5.74) is 1.66. The van der Waals surface area contributed by atoms with Gasteiger partial charge in [-0.1, -0.05) is 26.0 Å². The van der Waals surface area contributed by atoms with Gasteiger partial charge in [-0.2, -0.15) is 0 Å². The highest BCUT2D eigenvalue weighted by atomic mass is 35.5. The predicted molar refractivity (Wildman–Crippen MR) is 70.9 cm³/mol. The van der Waals surface area contributed by atoms with Crippen molar-refractivity contribution in [3.8, 4) is 0 Å². The normalized spacial score (nSPS) is 12.1. The third-order valence-electron chi connectivity index (χ3n) is 2.80. The van der Waals surface area contributed by atoms with Crippen LogP contribution >= 0.6 is 11.6 Å². The molecule has 0 aliphatic carbocycles. The minimum absolute atomic E-state index is 0.322. The van der Waals surface area contributed by atoms with Gasteiger partial charge in [0.1, 0.15) is 0 Å². The van der Waals surface area contributed by atoms with Gasteiger partial charge >= 0.3 is 0 Å². The first kappa shape index (κ1) is 14.5. The zero-order chi connectivity index (χ0) is 13.1. The average Bonchev–Trinajstić information content (AvgIpc) is 2.36. The van der Waals surface area contributed by atoms with E-state index >= 15 is 0 Å². The highest BCUT2D eigenvalue weighted by Gasteiger charge is 2.22. The molecule has 96 valence electrons. The standard InChI is InChI=1S/C12H18ClNO2S/c1-4-11-7-6-10(9-13)8-12(11)17(15,16)14(3)5-2/h6-8H,4-5,9H2,1-3H3. The Morgan fingerprint density at radius 1 is 1.29 bits per heavy atom. The zero-order valence-electron chi connectivity index (χ0n) is 10.4. The van der Waals surface area contributed by atoms with Crippen LogP contribution in [0.5, 0.6) is 0 Å². The van der Waals surface area contributed by atoms with Crippen molar-refractivity contribution in [3.63, 3.8) is 0 Å².